The largest absolute Gasteiger partial charge is 0.389 e. The molecule has 0 saturated carbocycles. The number of thiocarbonyl (C=S) groups is 1. The van der Waals surface area contributed by atoms with Gasteiger partial charge in [0.15, 0.2) is 0 Å². The van der Waals surface area contributed by atoms with Crippen LogP contribution in [-0.4, -0.2) is 35.5 Å². The highest BCUT2D eigenvalue weighted by Gasteiger charge is 2.18. The Morgan fingerprint density at radius 2 is 2.10 bits per heavy atom. The number of pyridine rings is 1. The summed E-state index contributed by atoms with van der Waals surface area (Å²) in [6.07, 6.45) is 0. The van der Waals surface area contributed by atoms with Crippen molar-refractivity contribution in [3.05, 3.63) is 22.9 Å². The van der Waals surface area contributed by atoms with Gasteiger partial charge in [0.2, 0.25) is 5.91 Å². The number of aromatic nitrogens is 1. The summed E-state index contributed by atoms with van der Waals surface area (Å²) in [5.41, 5.74) is 8.42. The second kappa shape index (κ2) is 7.19. The summed E-state index contributed by atoms with van der Waals surface area (Å²) < 4.78 is 0. The van der Waals surface area contributed by atoms with E-state index in [0.717, 1.165) is 16.8 Å². The number of anilines is 1. The van der Waals surface area contributed by atoms with Gasteiger partial charge in [-0.05, 0) is 39.3 Å². The van der Waals surface area contributed by atoms with Crippen LogP contribution in [0.5, 0.6) is 0 Å². The van der Waals surface area contributed by atoms with Crippen LogP contribution in [0.4, 0.5) is 5.82 Å². The maximum atomic E-state index is 11.8. The van der Waals surface area contributed by atoms with Crippen molar-refractivity contribution in [2.24, 2.45) is 5.73 Å². The number of amides is 1. The van der Waals surface area contributed by atoms with E-state index in [2.05, 4.69) is 10.3 Å². The number of rotatable bonds is 6. The minimum atomic E-state index is -0.0378. The number of likely N-dealkylation sites (N-methyl/N-ethyl adjacent to an activating group) is 2. The van der Waals surface area contributed by atoms with E-state index >= 15 is 0 Å². The Bertz CT molecular complexity index is 516. The molecular weight excluding hydrogens is 272 g/mol. The van der Waals surface area contributed by atoms with Crippen molar-refractivity contribution in [1.82, 2.24) is 10.3 Å². The second-order valence-electron chi connectivity index (χ2n) is 4.61. The molecule has 0 fully saturated rings. The Morgan fingerprint density at radius 1 is 1.45 bits per heavy atom. The monoisotopic (exact) mass is 294 g/mol. The molecule has 1 aromatic rings. The third kappa shape index (κ3) is 3.90. The van der Waals surface area contributed by atoms with Gasteiger partial charge in [0.1, 0.15) is 10.8 Å². The Morgan fingerprint density at radius 3 is 2.60 bits per heavy atom. The highest BCUT2D eigenvalue weighted by Crippen LogP contribution is 2.22. The summed E-state index contributed by atoms with van der Waals surface area (Å²) >= 11 is 5.12. The van der Waals surface area contributed by atoms with Gasteiger partial charge in [0.25, 0.3) is 0 Å². The molecule has 0 aliphatic heterocycles. The second-order valence-corrected chi connectivity index (χ2v) is 5.05. The molecule has 0 aliphatic rings. The van der Waals surface area contributed by atoms with Crippen molar-refractivity contribution < 1.29 is 4.79 Å². The number of nitrogens with one attached hydrogen (secondary N) is 1. The quantitative estimate of drug-likeness (QED) is 0.774. The number of aryl methyl sites for hydroxylation is 2. The van der Waals surface area contributed by atoms with E-state index in [0.29, 0.717) is 23.9 Å². The molecule has 3 N–H and O–H groups in total. The predicted molar refractivity (Wildman–Crippen MR) is 86.2 cm³/mol. The highest BCUT2D eigenvalue weighted by atomic mass is 32.1. The number of hydrogen-bond acceptors (Lipinski definition) is 4. The molecule has 5 nitrogen and oxygen atoms in total. The lowest BCUT2D eigenvalue weighted by molar-refractivity contribution is -0.119. The van der Waals surface area contributed by atoms with E-state index in [1.165, 1.54) is 0 Å². The summed E-state index contributed by atoms with van der Waals surface area (Å²) in [7, 11) is 0. The average molecular weight is 294 g/mol. The molecule has 0 atom stereocenters. The Kier molecular flexibility index (Phi) is 5.88. The van der Waals surface area contributed by atoms with Crippen LogP contribution < -0.4 is 16.0 Å². The number of carbonyl (C=O) groups excluding carboxylic acids is 1. The average Bonchev–Trinajstić information content (AvgIpc) is 2.34. The molecule has 1 aromatic heterocycles. The van der Waals surface area contributed by atoms with Gasteiger partial charge in [-0.3, -0.25) is 4.79 Å². The summed E-state index contributed by atoms with van der Waals surface area (Å²) in [6.45, 7) is 9.25. The number of carbonyl (C=O) groups is 1. The molecule has 1 rings (SSSR count). The maximum Gasteiger partial charge on any atom is 0.239 e. The van der Waals surface area contributed by atoms with Gasteiger partial charge in [0.05, 0.1) is 12.1 Å². The molecule has 0 bridgehead atoms. The van der Waals surface area contributed by atoms with E-state index in [9.17, 15) is 4.79 Å². The first-order chi connectivity index (χ1) is 9.40. The minimum Gasteiger partial charge on any atom is -0.389 e. The zero-order valence-corrected chi connectivity index (χ0v) is 13.3. The van der Waals surface area contributed by atoms with Crippen LogP contribution in [0.1, 0.15) is 30.7 Å². The molecule has 0 spiro atoms. The molecule has 110 valence electrons. The predicted octanol–water partition coefficient (Wildman–Crippen LogP) is 1.30. The molecule has 1 amide bonds. The van der Waals surface area contributed by atoms with Crippen molar-refractivity contribution in [3.8, 4) is 0 Å². The van der Waals surface area contributed by atoms with E-state index in [1.54, 1.807) is 0 Å². The van der Waals surface area contributed by atoms with E-state index in [1.807, 2.05) is 38.7 Å². The first kappa shape index (κ1) is 16.4. The lowest BCUT2D eigenvalue weighted by Gasteiger charge is -2.25. The lowest BCUT2D eigenvalue weighted by Crippen LogP contribution is -2.38. The Labute approximate surface area is 125 Å². The third-order valence-corrected chi connectivity index (χ3v) is 3.17. The van der Waals surface area contributed by atoms with Crippen LogP contribution in [0.3, 0.4) is 0 Å². The van der Waals surface area contributed by atoms with Crippen LogP contribution in [0, 0.1) is 13.8 Å². The molecule has 0 unspecified atom stereocenters. The zero-order chi connectivity index (χ0) is 15.3. The molecule has 0 aromatic carbocycles. The summed E-state index contributed by atoms with van der Waals surface area (Å²) in [6, 6.07) is 1.94. The fourth-order valence-electron chi connectivity index (χ4n) is 2.11. The van der Waals surface area contributed by atoms with Crippen LogP contribution in [0.25, 0.3) is 0 Å². The Hall–Kier alpha value is -1.69. The summed E-state index contributed by atoms with van der Waals surface area (Å²) in [4.78, 5) is 18.5. The van der Waals surface area contributed by atoms with Crippen LogP contribution >= 0.6 is 12.2 Å². The normalized spacial score (nSPS) is 10.2. The zero-order valence-electron chi connectivity index (χ0n) is 12.5. The van der Waals surface area contributed by atoms with Crippen molar-refractivity contribution in [1.29, 1.82) is 0 Å². The fraction of sp³-hybridized carbons (Fsp3) is 0.500. The SMILES string of the molecule is CCNC(=O)CN(CC)c1nc(C)cc(C)c1C(N)=S. The van der Waals surface area contributed by atoms with Crippen LogP contribution in [-0.2, 0) is 4.79 Å². The Balaban J connectivity index is 3.20. The van der Waals surface area contributed by atoms with E-state index < -0.39 is 0 Å². The first-order valence-corrected chi connectivity index (χ1v) is 7.11. The maximum absolute atomic E-state index is 11.8. The lowest BCUT2D eigenvalue weighted by atomic mass is 10.1. The minimum absolute atomic E-state index is 0.0378. The summed E-state index contributed by atoms with van der Waals surface area (Å²) in [5.74, 6) is 0.646. The fourth-order valence-corrected chi connectivity index (χ4v) is 2.37. The van der Waals surface area contributed by atoms with Crippen molar-refractivity contribution in [2.45, 2.75) is 27.7 Å². The van der Waals surface area contributed by atoms with Gasteiger partial charge in [-0.2, -0.15) is 0 Å². The van der Waals surface area contributed by atoms with Gasteiger partial charge in [0, 0.05) is 18.8 Å². The summed E-state index contributed by atoms with van der Waals surface area (Å²) in [5, 5.41) is 2.79. The molecule has 20 heavy (non-hydrogen) atoms. The van der Waals surface area contributed by atoms with Crippen molar-refractivity contribution in [2.75, 3.05) is 24.5 Å². The highest BCUT2D eigenvalue weighted by molar-refractivity contribution is 7.80. The molecule has 6 heteroatoms. The molecule has 0 saturated heterocycles. The number of nitrogens with zero attached hydrogens (tertiary/aromatic N) is 2. The standard InChI is InChI=1S/C14H22N4OS/c1-5-16-11(19)8-18(6-2)14-12(13(15)20)9(3)7-10(4)17-14/h7H,5-6,8H2,1-4H3,(H2,15,20)(H,16,19). The van der Waals surface area contributed by atoms with Crippen LogP contribution in [0.2, 0.25) is 0 Å². The van der Waals surface area contributed by atoms with Gasteiger partial charge >= 0.3 is 0 Å². The van der Waals surface area contributed by atoms with Gasteiger partial charge in [-0.1, -0.05) is 12.2 Å². The van der Waals surface area contributed by atoms with Gasteiger partial charge < -0.3 is 16.0 Å². The molecule has 0 radical (unpaired) electrons. The van der Waals surface area contributed by atoms with Gasteiger partial charge in [-0.25, -0.2) is 4.98 Å². The third-order valence-electron chi connectivity index (χ3n) is 2.96. The van der Waals surface area contributed by atoms with Crippen LogP contribution in [0.15, 0.2) is 6.07 Å². The molecule has 0 aliphatic carbocycles. The first-order valence-electron chi connectivity index (χ1n) is 6.70. The smallest absolute Gasteiger partial charge is 0.239 e. The molecular formula is C14H22N4OS. The van der Waals surface area contributed by atoms with Crippen molar-refractivity contribution in [3.63, 3.8) is 0 Å². The van der Waals surface area contributed by atoms with Gasteiger partial charge in [-0.15, -0.1) is 0 Å². The molecule has 1 heterocycles. The van der Waals surface area contributed by atoms with Crippen molar-refractivity contribution >= 4 is 28.9 Å². The number of hydrogen-bond donors (Lipinski definition) is 2. The topological polar surface area (TPSA) is 71.2 Å². The number of nitrogens with two attached hydrogens (primary N) is 1. The van der Waals surface area contributed by atoms with E-state index in [4.69, 9.17) is 18.0 Å². The van der Waals surface area contributed by atoms with E-state index in [-0.39, 0.29) is 12.5 Å².